The standard InChI is InChI=1S/C21H26Cl2N6O9P2/c22-13-4-2-1-3-12(13)7-24-18-15-19(26-21(23)25-18)29(28-27-15)20-17(31)16(30)14(38-20)9-37-40(35,10-39(32,33)34)36-8-11-5-6-11/h1-4,11,14,16-17,20,30-31H,5-10H2,(H,24,25,26)(H2,32,33,34)/t14-,16-,17-,20-,40?/m1/s1. The molecule has 1 aliphatic heterocycles. The van der Waals surface area contributed by atoms with Gasteiger partial charge in [0.05, 0.1) is 13.2 Å². The third-order valence-electron chi connectivity index (χ3n) is 6.28. The lowest BCUT2D eigenvalue weighted by Gasteiger charge is -2.22. The lowest BCUT2D eigenvalue weighted by atomic mass is 10.1. The maximum Gasteiger partial charge on any atom is 0.342 e. The van der Waals surface area contributed by atoms with Gasteiger partial charge in [0.2, 0.25) is 5.28 Å². The van der Waals surface area contributed by atoms with E-state index in [4.69, 9.17) is 37.0 Å². The Bertz CT molecular complexity index is 1470. The number of hydrogen-bond donors (Lipinski definition) is 5. The van der Waals surface area contributed by atoms with Crippen molar-refractivity contribution < 1.29 is 42.9 Å². The van der Waals surface area contributed by atoms with E-state index in [0.29, 0.717) is 5.02 Å². The average molecular weight is 639 g/mol. The highest BCUT2D eigenvalue weighted by Gasteiger charge is 2.47. The first-order valence-corrected chi connectivity index (χ1v) is 16.4. The summed E-state index contributed by atoms with van der Waals surface area (Å²) in [6.07, 6.45) is -3.98. The average Bonchev–Trinajstić information content (AvgIpc) is 3.57. The van der Waals surface area contributed by atoms with E-state index in [-0.39, 0.29) is 41.3 Å². The lowest BCUT2D eigenvalue weighted by Crippen LogP contribution is -2.34. The zero-order valence-corrected chi connectivity index (χ0v) is 24.0. The summed E-state index contributed by atoms with van der Waals surface area (Å²) in [5, 5.41) is 32.9. The minimum atomic E-state index is -4.76. The quantitative estimate of drug-likeness (QED) is 0.142. The van der Waals surface area contributed by atoms with Crippen LogP contribution in [0.2, 0.25) is 10.3 Å². The molecule has 1 unspecified atom stereocenters. The van der Waals surface area contributed by atoms with Crippen LogP contribution in [0.4, 0.5) is 5.82 Å². The van der Waals surface area contributed by atoms with Crippen molar-refractivity contribution in [3.05, 3.63) is 40.1 Å². The van der Waals surface area contributed by atoms with E-state index in [1.807, 2.05) is 12.1 Å². The molecule has 1 aliphatic carbocycles. The number of fused-ring (bicyclic) bond motifs is 1. The van der Waals surface area contributed by atoms with Gasteiger partial charge in [0.25, 0.3) is 0 Å². The van der Waals surface area contributed by atoms with Crippen LogP contribution in [-0.2, 0) is 29.5 Å². The van der Waals surface area contributed by atoms with Crippen molar-refractivity contribution in [1.82, 2.24) is 25.0 Å². The highest BCUT2D eigenvalue weighted by Crippen LogP contribution is 2.60. The fourth-order valence-electron chi connectivity index (χ4n) is 4.02. The summed E-state index contributed by atoms with van der Waals surface area (Å²) in [6.45, 7) is -0.286. The van der Waals surface area contributed by atoms with Crippen LogP contribution in [0.5, 0.6) is 0 Å². The van der Waals surface area contributed by atoms with Gasteiger partial charge in [0, 0.05) is 11.6 Å². The van der Waals surface area contributed by atoms with Crippen LogP contribution >= 0.6 is 38.4 Å². The molecule has 5 rings (SSSR count). The molecule has 3 heterocycles. The second-order valence-corrected chi connectivity index (χ2v) is 14.4. The number of aliphatic hydroxyl groups excluding tert-OH is 2. The Hall–Kier alpha value is -1.74. The summed E-state index contributed by atoms with van der Waals surface area (Å²) < 4.78 is 42.0. The Labute approximate surface area is 237 Å². The molecular formula is C21H26Cl2N6O9P2. The SMILES string of the molecule is O=P(O)(O)CP(=O)(OCC1CC1)OC[C@H]1O[C@@H](n2nnc3c(NCc4ccccc4Cl)nc(Cl)nc32)[C@H](O)[C@@H]1O. The van der Waals surface area contributed by atoms with Crippen LogP contribution in [0, 0.1) is 5.92 Å². The van der Waals surface area contributed by atoms with Crippen LogP contribution < -0.4 is 5.32 Å². The van der Waals surface area contributed by atoms with Crippen molar-refractivity contribution >= 4 is 55.4 Å². The number of nitrogens with zero attached hydrogens (tertiary/aromatic N) is 5. The van der Waals surface area contributed by atoms with Gasteiger partial charge in [-0.05, 0) is 42.0 Å². The summed E-state index contributed by atoms with van der Waals surface area (Å²) in [5.74, 6) is -0.749. The van der Waals surface area contributed by atoms with E-state index >= 15 is 0 Å². The molecule has 40 heavy (non-hydrogen) atoms. The predicted octanol–water partition coefficient (Wildman–Crippen LogP) is 2.53. The second-order valence-electron chi connectivity index (χ2n) is 9.49. The van der Waals surface area contributed by atoms with E-state index in [9.17, 15) is 29.1 Å². The van der Waals surface area contributed by atoms with Gasteiger partial charge in [-0.15, -0.1) is 5.10 Å². The molecule has 15 nitrogen and oxygen atoms in total. The first kappa shape index (κ1) is 29.7. The largest absolute Gasteiger partial charge is 0.387 e. The summed E-state index contributed by atoms with van der Waals surface area (Å²) in [4.78, 5) is 27.0. The maximum absolute atomic E-state index is 13.0. The van der Waals surface area contributed by atoms with Gasteiger partial charge in [-0.25, -0.2) is 0 Å². The van der Waals surface area contributed by atoms with Crippen LogP contribution in [-0.4, -0.2) is 82.4 Å². The molecule has 2 aliphatic rings. The van der Waals surface area contributed by atoms with Crippen molar-refractivity contribution in [2.45, 2.75) is 43.9 Å². The Morgan fingerprint density at radius 1 is 1.07 bits per heavy atom. The number of hydrogen-bond acceptors (Lipinski definition) is 12. The van der Waals surface area contributed by atoms with Gasteiger partial charge in [0.15, 0.2) is 29.1 Å². The highest BCUT2D eigenvalue weighted by atomic mass is 35.5. The molecule has 3 aromatic rings. The Morgan fingerprint density at radius 2 is 1.80 bits per heavy atom. The first-order chi connectivity index (χ1) is 18.9. The molecule has 2 fully saturated rings. The molecule has 0 spiro atoms. The van der Waals surface area contributed by atoms with Crippen LogP contribution in [0.3, 0.4) is 0 Å². The molecule has 5 N–H and O–H groups in total. The van der Waals surface area contributed by atoms with Gasteiger partial charge in [-0.1, -0.05) is 35.0 Å². The fourth-order valence-corrected chi connectivity index (χ4v) is 7.73. The number of anilines is 1. The second kappa shape index (κ2) is 11.9. The van der Waals surface area contributed by atoms with Crippen molar-refractivity contribution in [2.75, 3.05) is 24.4 Å². The van der Waals surface area contributed by atoms with Crippen LogP contribution in [0.1, 0.15) is 24.6 Å². The Balaban J connectivity index is 1.32. The summed E-state index contributed by atoms with van der Waals surface area (Å²) in [7, 11) is -9.01. The van der Waals surface area contributed by atoms with E-state index in [1.165, 1.54) is 0 Å². The zero-order chi connectivity index (χ0) is 28.7. The van der Waals surface area contributed by atoms with E-state index < -0.39 is 52.2 Å². The minimum absolute atomic E-state index is 0.0227. The molecule has 5 atom stereocenters. The Morgan fingerprint density at radius 3 is 2.50 bits per heavy atom. The van der Waals surface area contributed by atoms with E-state index in [2.05, 4.69) is 25.6 Å². The van der Waals surface area contributed by atoms with Gasteiger partial charge in [-0.3, -0.25) is 9.13 Å². The zero-order valence-electron chi connectivity index (χ0n) is 20.7. The van der Waals surface area contributed by atoms with Gasteiger partial charge in [0.1, 0.15) is 18.3 Å². The number of aliphatic hydroxyl groups is 2. The number of rotatable bonds is 12. The number of halogens is 2. The van der Waals surface area contributed by atoms with Gasteiger partial charge in [-0.2, -0.15) is 14.6 Å². The van der Waals surface area contributed by atoms with E-state index in [0.717, 1.165) is 23.1 Å². The molecule has 218 valence electrons. The molecule has 19 heteroatoms. The number of benzene rings is 1. The van der Waals surface area contributed by atoms with Gasteiger partial charge >= 0.3 is 15.2 Å². The van der Waals surface area contributed by atoms with Crippen molar-refractivity contribution in [1.29, 1.82) is 0 Å². The Kier molecular flexibility index (Phi) is 8.82. The molecule has 2 aromatic heterocycles. The molecule has 0 amide bonds. The summed E-state index contributed by atoms with van der Waals surface area (Å²) in [5.41, 5.74) is 1.07. The molecule has 1 saturated heterocycles. The fraction of sp³-hybridized carbons (Fsp3) is 0.524. The minimum Gasteiger partial charge on any atom is -0.387 e. The molecule has 0 bridgehead atoms. The first-order valence-electron chi connectivity index (χ1n) is 12.1. The molecular weight excluding hydrogens is 613 g/mol. The predicted molar refractivity (Wildman–Crippen MR) is 142 cm³/mol. The number of nitrogens with one attached hydrogen (secondary N) is 1. The summed E-state index contributed by atoms with van der Waals surface area (Å²) in [6, 6.07) is 7.20. The highest BCUT2D eigenvalue weighted by molar-refractivity contribution is 7.70. The molecule has 1 saturated carbocycles. The monoisotopic (exact) mass is 638 g/mol. The topological polar surface area (TPSA) is 211 Å². The van der Waals surface area contributed by atoms with E-state index in [1.54, 1.807) is 12.1 Å². The van der Waals surface area contributed by atoms with Crippen molar-refractivity contribution in [3.63, 3.8) is 0 Å². The van der Waals surface area contributed by atoms with Crippen LogP contribution in [0.25, 0.3) is 11.2 Å². The maximum atomic E-state index is 13.0. The molecule has 1 aromatic carbocycles. The normalized spacial score (nSPS) is 24.9. The van der Waals surface area contributed by atoms with Crippen molar-refractivity contribution in [3.8, 4) is 0 Å². The summed E-state index contributed by atoms with van der Waals surface area (Å²) >= 11 is 12.4. The molecule has 0 radical (unpaired) electrons. The van der Waals surface area contributed by atoms with Crippen molar-refractivity contribution in [2.24, 2.45) is 5.92 Å². The third kappa shape index (κ3) is 7.00. The van der Waals surface area contributed by atoms with Gasteiger partial charge < -0.3 is 39.1 Å². The lowest BCUT2D eigenvalue weighted by molar-refractivity contribution is -0.0555. The van der Waals surface area contributed by atoms with Crippen LogP contribution in [0.15, 0.2) is 24.3 Å². The number of ether oxygens (including phenoxy) is 1. The number of aromatic nitrogens is 5. The third-order valence-corrected chi connectivity index (χ3v) is 10.8. The smallest absolute Gasteiger partial charge is 0.342 e.